The first-order chi connectivity index (χ1) is 10.0. The molecule has 0 spiro atoms. The van der Waals surface area contributed by atoms with Crippen molar-refractivity contribution in [3.8, 4) is 11.9 Å². The van der Waals surface area contributed by atoms with Crippen molar-refractivity contribution < 1.29 is 4.74 Å². The Morgan fingerprint density at radius 1 is 1.43 bits per heavy atom. The maximum Gasteiger partial charge on any atom is 0.244 e. The first-order valence-corrected chi connectivity index (χ1v) is 7.20. The molecule has 0 bridgehead atoms. The quantitative estimate of drug-likeness (QED) is 0.832. The van der Waals surface area contributed by atoms with E-state index in [4.69, 9.17) is 10.5 Å². The summed E-state index contributed by atoms with van der Waals surface area (Å²) in [5, 5.41) is 16.5. The SMILES string of the molecule is Cc1cc(C2C(C#N)=C(N)Oc3n[nH]c(C)c32)ccc1Br. The zero-order valence-electron chi connectivity index (χ0n) is 11.6. The molecule has 0 saturated carbocycles. The topological polar surface area (TPSA) is 87.7 Å². The molecule has 2 heterocycles. The fourth-order valence-electron chi connectivity index (χ4n) is 2.58. The van der Waals surface area contributed by atoms with Crippen LogP contribution in [0.4, 0.5) is 0 Å². The molecule has 1 aromatic heterocycles. The Labute approximate surface area is 130 Å². The molecule has 1 unspecified atom stereocenters. The summed E-state index contributed by atoms with van der Waals surface area (Å²) in [6.07, 6.45) is 0. The number of nitrogens with zero attached hydrogens (tertiary/aromatic N) is 2. The van der Waals surface area contributed by atoms with E-state index in [0.29, 0.717) is 11.5 Å². The number of fused-ring (bicyclic) bond motifs is 1. The first kappa shape index (κ1) is 13.7. The Balaban J connectivity index is 2.24. The van der Waals surface area contributed by atoms with Crippen molar-refractivity contribution in [2.45, 2.75) is 19.8 Å². The van der Waals surface area contributed by atoms with Gasteiger partial charge in [-0.2, -0.15) is 5.26 Å². The molecular formula is C15H13BrN4O. The predicted octanol–water partition coefficient (Wildman–Crippen LogP) is 3.01. The van der Waals surface area contributed by atoms with Crippen LogP contribution in [0, 0.1) is 25.2 Å². The summed E-state index contributed by atoms with van der Waals surface area (Å²) in [4.78, 5) is 0. The highest BCUT2D eigenvalue weighted by Gasteiger charge is 2.34. The van der Waals surface area contributed by atoms with E-state index < -0.39 is 0 Å². The molecule has 1 aliphatic heterocycles. The van der Waals surface area contributed by atoms with Crippen molar-refractivity contribution in [3.05, 3.63) is 56.5 Å². The van der Waals surface area contributed by atoms with E-state index in [0.717, 1.165) is 26.9 Å². The zero-order valence-corrected chi connectivity index (χ0v) is 13.2. The minimum absolute atomic E-state index is 0.113. The fourth-order valence-corrected chi connectivity index (χ4v) is 2.83. The number of halogens is 1. The molecule has 1 aliphatic rings. The summed E-state index contributed by atoms with van der Waals surface area (Å²) in [5.74, 6) is 0.293. The van der Waals surface area contributed by atoms with Crippen LogP contribution in [-0.2, 0) is 0 Å². The van der Waals surface area contributed by atoms with Crippen LogP contribution in [0.3, 0.4) is 0 Å². The number of rotatable bonds is 1. The number of ether oxygens (including phenoxy) is 1. The summed E-state index contributed by atoms with van der Waals surface area (Å²) in [6.45, 7) is 3.92. The van der Waals surface area contributed by atoms with Crippen LogP contribution in [0.5, 0.6) is 5.88 Å². The minimum atomic E-state index is -0.260. The second-order valence-electron chi connectivity index (χ2n) is 5.00. The van der Waals surface area contributed by atoms with Gasteiger partial charge >= 0.3 is 0 Å². The molecule has 3 N–H and O–H groups in total. The lowest BCUT2D eigenvalue weighted by Gasteiger charge is -2.24. The molecule has 21 heavy (non-hydrogen) atoms. The molecule has 106 valence electrons. The Morgan fingerprint density at radius 2 is 2.19 bits per heavy atom. The van der Waals surface area contributed by atoms with Crippen LogP contribution in [0.1, 0.15) is 28.3 Å². The standard InChI is InChI=1S/C15H13BrN4O/c1-7-5-9(3-4-11(7)16)13-10(6-17)14(18)21-15-12(13)8(2)19-20-15/h3-5,13H,18H2,1-2H3,(H,19,20). The third-order valence-corrected chi connectivity index (χ3v) is 4.53. The highest BCUT2D eigenvalue weighted by molar-refractivity contribution is 9.10. The van der Waals surface area contributed by atoms with E-state index in [-0.39, 0.29) is 11.8 Å². The van der Waals surface area contributed by atoms with Gasteiger partial charge in [-0.15, -0.1) is 5.10 Å². The number of aryl methyl sites for hydroxylation is 2. The molecule has 6 heteroatoms. The maximum absolute atomic E-state index is 9.46. The molecule has 0 amide bonds. The van der Waals surface area contributed by atoms with Gasteiger partial charge in [0.05, 0.1) is 5.92 Å². The average Bonchev–Trinajstić information content (AvgIpc) is 2.81. The third kappa shape index (κ3) is 2.10. The Kier molecular flexibility index (Phi) is 3.22. The number of hydrogen-bond donors (Lipinski definition) is 2. The maximum atomic E-state index is 9.46. The number of nitrogens with two attached hydrogens (primary N) is 1. The summed E-state index contributed by atoms with van der Waals surface area (Å²) in [5.41, 5.74) is 10.1. The molecule has 0 fully saturated rings. The molecular weight excluding hydrogens is 332 g/mol. The summed E-state index contributed by atoms with van der Waals surface area (Å²) in [7, 11) is 0. The molecule has 3 rings (SSSR count). The van der Waals surface area contributed by atoms with E-state index in [1.807, 2.05) is 32.0 Å². The van der Waals surface area contributed by atoms with E-state index >= 15 is 0 Å². The van der Waals surface area contributed by atoms with Gasteiger partial charge in [-0.1, -0.05) is 28.1 Å². The van der Waals surface area contributed by atoms with E-state index in [9.17, 15) is 5.26 Å². The molecule has 0 radical (unpaired) electrons. The minimum Gasteiger partial charge on any atom is -0.420 e. The van der Waals surface area contributed by atoms with Gasteiger partial charge in [0.15, 0.2) is 0 Å². The second-order valence-corrected chi connectivity index (χ2v) is 5.86. The van der Waals surface area contributed by atoms with Gasteiger partial charge in [-0.3, -0.25) is 5.10 Å². The number of nitrogens with one attached hydrogen (secondary N) is 1. The number of H-pyrrole nitrogens is 1. The van der Waals surface area contributed by atoms with Gasteiger partial charge < -0.3 is 10.5 Å². The van der Waals surface area contributed by atoms with Crippen LogP contribution in [-0.4, -0.2) is 10.2 Å². The monoisotopic (exact) mass is 344 g/mol. The summed E-state index contributed by atoms with van der Waals surface area (Å²) in [6, 6.07) is 8.17. The van der Waals surface area contributed by atoms with Crippen molar-refractivity contribution in [1.82, 2.24) is 10.2 Å². The van der Waals surface area contributed by atoms with Crippen molar-refractivity contribution in [3.63, 3.8) is 0 Å². The fraction of sp³-hybridized carbons (Fsp3) is 0.200. The van der Waals surface area contributed by atoms with Gasteiger partial charge in [0, 0.05) is 15.7 Å². The Hall–Kier alpha value is -2.26. The lowest BCUT2D eigenvalue weighted by Crippen LogP contribution is -2.21. The lowest BCUT2D eigenvalue weighted by atomic mass is 9.84. The number of hydrogen-bond acceptors (Lipinski definition) is 4. The van der Waals surface area contributed by atoms with Gasteiger partial charge in [0.2, 0.25) is 11.8 Å². The highest BCUT2D eigenvalue weighted by Crippen LogP contribution is 2.42. The molecule has 1 atom stereocenters. The number of aromatic amines is 1. The zero-order chi connectivity index (χ0) is 15.1. The Bertz CT molecular complexity index is 800. The normalized spacial score (nSPS) is 17.1. The second kappa shape index (κ2) is 4.93. The van der Waals surface area contributed by atoms with E-state index in [2.05, 4.69) is 32.2 Å². The van der Waals surface area contributed by atoms with Crippen molar-refractivity contribution in [1.29, 1.82) is 5.26 Å². The third-order valence-electron chi connectivity index (χ3n) is 3.64. The summed E-state index contributed by atoms with van der Waals surface area (Å²) < 4.78 is 6.47. The molecule has 0 saturated heterocycles. The van der Waals surface area contributed by atoms with Crippen molar-refractivity contribution in [2.24, 2.45) is 5.73 Å². The van der Waals surface area contributed by atoms with Gasteiger partial charge in [0.1, 0.15) is 11.6 Å². The first-order valence-electron chi connectivity index (χ1n) is 6.41. The number of benzene rings is 1. The number of nitriles is 1. The number of allylic oxidation sites excluding steroid dienone is 1. The number of aromatic nitrogens is 2. The lowest BCUT2D eigenvalue weighted by molar-refractivity contribution is 0.379. The molecule has 0 aliphatic carbocycles. The smallest absolute Gasteiger partial charge is 0.244 e. The van der Waals surface area contributed by atoms with E-state index in [1.165, 1.54) is 0 Å². The predicted molar refractivity (Wildman–Crippen MR) is 81.5 cm³/mol. The summed E-state index contributed by atoms with van der Waals surface area (Å²) >= 11 is 3.49. The molecule has 1 aromatic carbocycles. The highest BCUT2D eigenvalue weighted by atomic mass is 79.9. The van der Waals surface area contributed by atoms with Crippen LogP contribution >= 0.6 is 15.9 Å². The average molecular weight is 345 g/mol. The van der Waals surface area contributed by atoms with Crippen molar-refractivity contribution in [2.75, 3.05) is 0 Å². The van der Waals surface area contributed by atoms with Gasteiger partial charge in [-0.05, 0) is 31.0 Å². The van der Waals surface area contributed by atoms with Crippen LogP contribution in [0.2, 0.25) is 0 Å². The van der Waals surface area contributed by atoms with Crippen LogP contribution < -0.4 is 10.5 Å². The molecule has 5 nitrogen and oxygen atoms in total. The van der Waals surface area contributed by atoms with E-state index in [1.54, 1.807) is 0 Å². The van der Waals surface area contributed by atoms with Crippen molar-refractivity contribution >= 4 is 15.9 Å². The molecule has 2 aromatic rings. The van der Waals surface area contributed by atoms with Gasteiger partial charge in [-0.25, -0.2) is 0 Å². The van der Waals surface area contributed by atoms with Crippen LogP contribution in [0.25, 0.3) is 0 Å². The van der Waals surface area contributed by atoms with Gasteiger partial charge in [0.25, 0.3) is 0 Å². The Morgan fingerprint density at radius 3 is 2.86 bits per heavy atom. The largest absolute Gasteiger partial charge is 0.420 e. The van der Waals surface area contributed by atoms with Crippen LogP contribution in [0.15, 0.2) is 34.1 Å².